The summed E-state index contributed by atoms with van der Waals surface area (Å²) in [5.41, 5.74) is 0.713. The van der Waals surface area contributed by atoms with Crippen LogP contribution in [0.2, 0.25) is 0 Å². The number of hydrogen-bond acceptors (Lipinski definition) is 2. The zero-order chi connectivity index (χ0) is 14.5. The molecule has 1 aliphatic carbocycles. The Bertz CT molecular complexity index is 473. The molecule has 0 spiro atoms. The molecule has 2 rings (SSSR count). The molecule has 3 nitrogen and oxygen atoms in total. The van der Waals surface area contributed by atoms with Crippen LogP contribution < -0.4 is 4.74 Å². The number of rotatable bonds is 5. The van der Waals surface area contributed by atoms with Gasteiger partial charge in [-0.05, 0) is 47.0 Å². The summed E-state index contributed by atoms with van der Waals surface area (Å²) in [5.74, 6) is 0.856. The van der Waals surface area contributed by atoms with Crippen molar-refractivity contribution in [1.29, 1.82) is 0 Å². The van der Waals surface area contributed by atoms with Gasteiger partial charge < -0.3 is 9.64 Å². The van der Waals surface area contributed by atoms with E-state index in [0.717, 1.165) is 34.9 Å². The third-order valence-electron chi connectivity index (χ3n) is 3.75. The van der Waals surface area contributed by atoms with E-state index in [2.05, 4.69) is 31.9 Å². The van der Waals surface area contributed by atoms with Crippen molar-refractivity contribution in [2.75, 3.05) is 19.0 Å². The molecule has 0 aromatic heterocycles. The van der Waals surface area contributed by atoms with E-state index in [1.54, 1.807) is 7.11 Å². The molecule has 0 saturated heterocycles. The van der Waals surface area contributed by atoms with Gasteiger partial charge in [0.15, 0.2) is 0 Å². The van der Waals surface area contributed by atoms with Crippen molar-refractivity contribution in [2.45, 2.75) is 31.7 Å². The molecular formula is C15H19Br2NO2. The van der Waals surface area contributed by atoms with Gasteiger partial charge in [-0.2, -0.15) is 0 Å². The molecule has 110 valence electrons. The molecule has 20 heavy (non-hydrogen) atoms. The van der Waals surface area contributed by atoms with Crippen LogP contribution in [0.4, 0.5) is 0 Å². The van der Waals surface area contributed by atoms with Gasteiger partial charge in [0.25, 0.3) is 5.91 Å². The molecule has 0 unspecified atom stereocenters. The van der Waals surface area contributed by atoms with Crippen LogP contribution >= 0.6 is 31.9 Å². The number of carbonyl (C=O) groups excluding carboxylic acids is 1. The van der Waals surface area contributed by atoms with Gasteiger partial charge in [0, 0.05) is 23.5 Å². The quantitative estimate of drug-likeness (QED) is 0.687. The molecule has 0 radical (unpaired) electrons. The SMILES string of the molecule is COc1ccc(C(=O)N(CCBr)C2CCCC2)cc1Br. The van der Waals surface area contributed by atoms with E-state index in [-0.39, 0.29) is 5.91 Å². The number of hydrogen-bond donors (Lipinski definition) is 0. The first-order valence-corrected chi connectivity index (χ1v) is 8.79. The van der Waals surface area contributed by atoms with E-state index in [1.165, 1.54) is 12.8 Å². The van der Waals surface area contributed by atoms with E-state index >= 15 is 0 Å². The summed E-state index contributed by atoms with van der Waals surface area (Å²) in [6.45, 7) is 0.757. The zero-order valence-corrected chi connectivity index (χ0v) is 14.7. The highest BCUT2D eigenvalue weighted by Gasteiger charge is 2.27. The summed E-state index contributed by atoms with van der Waals surface area (Å²) in [6.07, 6.45) is 4.69. The van der Waals surface area contributed by atoms with Crippen molar-refractivity contribution < 1.29 is 9.53 Å². The smallest absolute Gasteiger partial charge is 0.254 e. The van der Waals surface area contributed by atoms with Crippen LogP contribution in [0.1, 0.15) is 36.0 Å². The average molecular weight is 405 g/mol. The molecule has 1 fully saturated rings. The summed E-state index contributed by atoms with van der Waals surface area (Å²) < 4.78 is 6.02. The van der Waals surface area contributed by atoms with Crippen molar-refractivity contribution in [2.24, 2.45) is 0 Å². The molecule has 0 aliphatic heterocycles. The first-order valence-electron chi connectivity index (χ1n) is 6.88. The topological polar surface area (TPSA) is 29.5 Å². The van der Waals surface area contributed by atoms with Gasteiger partial charge in [-0.25, -0.2) is 0 Å². The second-order valence-electron chi connectivity index (χ2n) is 4.98. The predicted molar refractivity (Wildman–Crippen MR) is 87.8 cm³/mol. The van der Waals surface area contributed by atoms with Gasteiger partial charge in [-0.3, -0.25) is 4.79 Å². The summed E-state index contributed by atoms with van der Waals surface area (Å²) in [4.78, 5) is 14.7. The average Bonchev–Trinajstić information content (AvgIpc) is 2.97. The number of halogens is 2. The molecule has 0 atom stereocenters. The molecular weight excluding hydrogens is 386 g/mol. The molecule has 1 saturated carbocycles. The van der Waals surface area contributed by atoms with Crippen molar-refractivity contribution in [3.8, 4) is 5.75 Å². The molecule has 1 aliphatic rings. The molecule has 1 aromatic rings. The number of alkyl halides is 1. The largest absolute Gasteiger partial charge is 0.496 e. The first kappa shape index (κ1) is 15.8. The Balaban J connectivity index is 2.20. The van der Waals surface area contributed by atoms with E-state index in [1.807, 2.05) is 23.1 Å². The summed E-state index contributed by atoms with van der Waals surface area (Å²) in [5, 5.41) is 0.812. The molecule has 0 N–H and O–H groups in total. The lowest BCUT2D eigenvalue weighted by atomic mass is 10.1. The Morgan fingerprint density at radius 2 is 2.10 bits per heavy atom. The van der Waals surface area contributed by atoms with Crippen LogP contribution in [0.3, 0.4) is 0 Å². The maximum Gasteiger partial charge on any atom is 0.254 e. The third-order valence-corrected chi connectivity index (χ3v) is 4.72. The van der Waals surface area contributed by atoms with Gasteiger partial charge in [-0.1, -0.05) is 28.8 Å². The van der Waals surface area contributed by atoms with Crippen molar-refractivity contribution >= 4 is 37.8 Å². The third kappa shape index (κ3) is 3.55. The minimum atomic E-state index is 0.111. The minimum absolute atomic E-state index is 0.111. The van der Waals surface area contributed by atoms with Gasteiger partial charge in [0.2, 0.25) is 0 Å². The van der Waals surface area contributed by atoms with Gasteiger partial charge in [0.05, 0.1) is 11.6 Å². The fourth-order valence-electron chi connectivity index (χ4n) is 2.72. The number of nitrogens with zero attached hydrogens (tertiary/aromatic N) is 1. The van der Waals surface area contributed by atoms with Crippen molar-refractivity contribution in [1.82, 2.24) is 4.90 Å². The standard InChI is InChI=1S/C15H19Br2NO2/c1-20-14-7-6-11(10-13(14)17)15(19)18(9-8-16)12-4-2-3-5-12/h6-7,10,12H,2-5,8-9H2,1H3. The van der Waals surface area contributed by atoms with Gasteiger partial charge >= 0.3 is 0 Å². The lowest BCUT2D eigenvalue weighted by Gasteiger charge is -2.28. The van der Waals surface area contributed by atoms with Crippen molar-refractivity contribution in [3.05, 3.63) is 28.2 Å². The first-order chi connectivity index (χ1) is 9.67. The van der Waals surface area contributed by atoms with Crippen LogP contribution in [0, 0.1) is 0 Å². The van der Waals surface area contributed by atoms with Gasteiger partial charge in [0.1, 0.15) is 5.75 Å². The Morgan fingerprint density at radius 1 is 1.40 bits per heavy atom. The number of amides is 1. The summed E-state index contributed by atoms with van der Waals surface area (Å²) in [6, 6.07) is 5.90. The van der Waals surface area contributed by atoms with Crippen LogP contribution in [0.25, 0.3) is 0 Å². The van der Waals surface area contributed by atoms with Crippen LogP contribution in [-0.2, 0) is 0 Å². The summed E-state index contributed by atoms with van der Waals surface area (Å²) in [7, 11) is 1.62. The monoisotopic (exact) mass is 403 g/mol. The molecule has 5 heteroatoms. The number of methoxy groups -OCH3 is 1. The highest BCUT2D eigenvalue weighted by Crippen LogP contribution is 2.28. The second-order valence-corrected chi connectivity index (χ2v) is 6.62. The maximum absolute atomic E-state index is 12.7. The zero-order valence-electron chi connectivity index (χ0n) is 11.6. The summed E-state index contributed by atoms with van der Waals surface area (Å²) >= 11 is 6.89. The molecule has 1 aromatic carbocycles. The maximum atomic E-state index is 12.7. The molecule has 0 heterocycles. The van der Waals surface area contributed by atoms with Gasteiger partial charge in [-0.15, -0.1) is 0 Å². The number of carbonyl (C=O) groups is 1. The fourth-order valence-corrected chi connectivity index (χ4v) is 3.64. The Labute approximate surface area is 136 Å². The number of ether oxygens (including phenoxy) is 1. The number of benzene rings is 1. The predicted octanol–water partition coefficient (Wildman–Crippen LogP) is 4.24. The van der Waals surface area contributed by atoms with E-state index in [9.17, 15) is 4.79 Å². The van der Waals surface area contributed by atoms with Crippen LogP contribution in [0.5, 0.6) is 5.75 Å². The lowest BCUT2D eigenvalue weighted by Crippen LogP contribution is -2.40. The molecule has 1 amide bonds. The van der Waals surface area contributed by atoms with Crippen LogP contribution in [-0.4, -0.2) is 35.8 Å². The highest BCUT2D eigenvalue weighted by atomic mass is 79.9. The lowest BCUT2D eigenvalue weighted by molar-refractivity contribution is 0.0696. The fraction of sp³-hybridized carbons (Fsp3) is 0.533. The normalized spacial score (nSPS) is 15.3. The Morgan fingerprint density at radius 3 is 2.65 bits per heavy atom. The Kier molecular flexibility index (Phi) is 5.90. The molecule has 0 bridgehead atoms. The van der Waals surface area contributed by atoms with E-state index < -0.39 is 0 Å². The Hall–Kier alpha value is -0.550. The van der Waals surface area contributed by atoms with Crippen molar-refractivity contribution in [3.63, 3.8) is 0 Å². The van der Waals surface area contributed by atoms with E-state index in [0.29, 0.717) is 11.6 Å². The van der Waals surface area contributed by atoms with E-state index in [4.69, 9.17) is 4.74 Å². The minimum Gasteiger partial charge on any atom is -0.496 e. The second kappa shape index (κ2) is 7.46. The van der Waals surface area contributed by atoms with Crippen LogP contribution in [0.15, 0.2) is 22.7 Å². The highest BCUT2D eigenvalue weighted by molar-refractivity contribution is 9.10.